The first-order valence-corrected chi connectivity index (χ1v) is 9.93. The Labute approximate surface area is 169 Å². The van der Waals surface area contributed by atoms with Crippen LogP contribution in [0.25, 0.3) is 12.2 Å². The third-order valence-electron chi connectivity index (χ3n) is 5.49. The zero-order valence-corrected chi connectivity index (χ0v) is 16.9. The van der Waals surface area contributed by atoms with E-state index in [-0.39, 0.29) is 0 Å². The summed E-state index contributed by atoms with van der Waals surface area (Å²) in [7, 11) is 0. The van der Waals surface area contributed by atoms with Crippen molar-refractivity contribution in [1.29, 1.82) is 0 Å². The second-order valence-corrected chi connectivity index (χ2v) is 7.89. The lowest BCUT2D eigenvalue weighted by atomic mass is 9.99. The predicted octanol–water partition coefficient (Wildman–Crippen LogP) is 4.48. The van der Waals surface area contributed by atoms with Crippen molar-refractivity contribution in [1.82, 2.24) is 19.9 Å². The number of hydrogen-bond acceptors (Lipinski definition) is 5. The van der Waals surface area contributed by atoms with E-state index in [1.165, 1.54) is 0 Å². The third kappa shape index (κ3) is 3.62. The number of nitrogens with zero attached hydrogens (tertiary/aromatic N) is 4. The molecule has 1 aliphatic rings. The number of aryl methyl sites for hydroxylation is 1. The van der Waals surface area contributed by atoms with Gasteiger partial charge in [0.25, 0.3) is 5.89 Å². The fourth-order valence-corrected chi connectivity index (χ4v) is 3.98. The molecule has 3 aromatic rings. The van der Waals surface area contributed by atoms with Crippen molar-refractivity contribution in [3.8, 4) is 0 Å². The lowest BCUT2D eigenvalue weighted by molar-refractivity contribution is 0.364. The smallest absolute Gasteiger partial charge is 0.250 e. The molecule has 2 aromatic heterocycles. The molecule has 1 saturated carbocycles. The summed E-state index contributed by atoms with van der Waals surface area (Å²) in [6.07, 6.45) is 7.82. The van der Waals surface area contributed by atoms with Crippen molar-refractivity contribution in [3.05, 3.63) is 63.5 Å². The molecule has 0 aliphatic heterocycles. The zero-order chi connectivity index (χ0) is 19.7. The maximum atomic E-state index is 6.40. The first kappa shape index (κ1) is 18.9. The number of benzene rings is 1. The molecule has 6 nitrogen and oxygen atoms in total. The Morgan fingerprint density at radius 1 is 1.21 bits per heavy atom. The van der Waals surface area contributed by atoms with Gasteiger partial charge in [-0.2, -0.15) is 10.1 Å². The standard InChI is InChI=1S/C21H24ClN5O/c1-14-17(15(2)27(25-14)13-16-7-3-4-8-18(16)22)9-10-19-24-20(26-28-19)21(23)11-5-6-12-21/h3-4,7-10H,5-6,11-13,23H2,1-2H3/b10-9+. The number of halogens is 1. The second-order valence-electron chi connectivity index (χ2n) is 7.49. The third-order valence-corrected chi connectivity index (χ3v) is 5.86. The van der Waals surface area contributed by atoms with E-state index in [1.807, 2.05) is 54.9 Å². The summed E-state index contributed by atoms with van der Waals surface area (Å²) in [5.74, 6) is 1.07. The Kier molecular flexibility index (Phi) is 5.08. The largest absolute Gasteiger partial charge is 0.335 e. The average Bonchev–Trinajstić information content (AvgIpc) is 3.38. The van der Waals surface area contributed by atoms with Crippen LogP contribution in [0.15, 0.2) is 28.8 Å². The lowest BCUT2D eigenvalue weighted by Gasteiger charge is -2.17. The van der Waals surface area contributed by atoms with Crippen LogP contribution < -0.4 is 5.73 Å². The van der Waals surface area contributed by atoms with Gasteiger partial charge < -0.3 is 10.3 Å². The minimum Gasteiger partial charge on any atom is -0.335 e. The Morgan fingerprint density at radius 2 is 1.96 bits per heavy atom. The number of hydrogen-bond donors (Lipinski definition) is 1. The normalized spacial score (nSPS) is 16.3. The Hall–Kier alpha value is -2.44. The fraction of sp³-hybridized carbons (Fsp3) is 0.381. The SMILES string of the molecule is Cc1nn(Cc2ccccc2Cl)c(C)c1/C=C/c1nc(C2(N)CCCC2)no1. The van der Waals surface area contributed by atoms with Gasteiger partial charge in [-0.15, -0.1) is 0 Å². The van der Waals surface area contributed by atoms with Gasteiger partial charge in [0.2, 0.25) is 0 Å². The van der Waals surface area contributed by atoms with Gasteiger partial charge in [-0.05, 0) is 44.4 Å². The van der Waals surface area contributed by atoms with Crippen LogP contribution in [0.1, 0.15) is 59.9 Å². The fourth-order valence-electron chi connectivity index (χ4n) is 3.78. The molecule has 1 aromatic carbocycles. The summed E-state index contributed by atoms with van der Waals surface area (Å²) in [6.45, 7) is 4.66. The van der Waals surface area contributed by atoms with Crippen LogP contribution in [0, 0.1) is 13.8 Å². The van der Waals surface area contributed by atoms with Crippen LogP contribution in [-0.2, 0) is 12.1 Å². The van der Waals surface area contributed by atoms with Gasteiger partial charge in [-0.3, -0.25) is 4.68 Å². The van der Waals surface area contributed by atoms with Crippen LogP contribution in [0.5, 0.6) is 0 Å². The van der Waals surface area contributed by atoms with Gasteiger partial charge in [-0.1, -0.05) is 47.8 Å². The highest BCUT2D eigenvalue weighted by Crippen LogP contribution is 2.34. The summed E-state index contributed by atoms with van der Waals surface area (Å²) >= 11 is 6.29. The summed E-state index contributed by atoms with van der Waals surface area (Å²) in [5.41, 5.74) is 10.0. The molecular formula is C21H24ClN5O. The van der Waals surface area contributed by atoms with Gasteiger partial charge in [-0.25, -0.2) is 0 Å². The minimum atomic E-state index is -0.443. The summed E-state index contributed by atoms with van der Waals surface area (Å²) in [6, 6.07) is 7.82. The van der Waals surface area contributed by atoms with Gasteiger partial charge in [0, 0.05) is 22.4 Å². The maximum absolute atomic E-state index is 6.40. The average molecular weight is 398 g/mol. The van der Waals surface area contributed by atoms with Crippen LogP contribution >= 0.6 is 11.6 Å². The van der Waals surface area contributed by atoms with E-state index in [0.717, 1.165) is 53.2 Å². The molecule has 0 bridgehead atoms. The van der Waals surface area contributed by atoms with Crippen molar-refractivity contribution in [2.75, 3.05) is 0 Å². The van der Waals surface area contributed by atoms with Gasteiger partial charge in [0.1, 0.15) is 0 Å². The second kappa shape index (κ2) is 7.53. The Bertz CT molecular complexity index is 1010. The summed E-state index contributed by atoms with van der Waals surface area (Å²) in [4.78, 5) is 4.49. The molecule has 7 heteroatoms. The van der Waals surface area contributed by atoms with E-state index in [9.17, 15) is 0 Å². The molecule has 0 spiro atoms. The topological polar surface area (TPSA) is 82.8 Å². The quantitative estimate of drug-likeness (QED) is 0.686. The van der Waals surface area contributed by atoms with Crippen LogP contribution in [0.2, 0.25) is 5.02 Å². The number of nitrogens with two attached hydrogens (primary N) is 1. The van der Waals surface area contributed by atoms with E-state index in [2.05, 4.69) is 15.2 Å². The van der Waals surface area contributed by atoms with Crippen molar-refractivity contribution in [3.63, 3.8) is 0 Å². The number of aromatic nitrogens is 4. The first-order valence-electron chi connectivity index (χ1n) is 9.55. The summed E-state index contributed by atoms with van der Waals surface area (Å²) in [5, 5.41) is 9.50. The maximum Gasteiger partial charge on any atom is 0.250 e. The van der Waals surface area contributed by atoms with Crippen LogP contribution in [0.4, 0.5) is 0 Å². The van der Waals surface area contributed by atoms with E-state index in [0.29, 0.717) is 18.3 Å². The molecule has 1 fully saturated rings. The van der Waals surface area contributed by atoms with Gasteiger partial charge >= 0.3 is 0 Å². The van der Waals surface area contributed by atoms with Crippen LogP contribution in [-0.4, -0.2) is 19.9 Å². The van der Waals surface area contributed by atoms with Crippen molar-refractivity contribution < 1.29 is 4.52 Å². The summed E-state index contributed by atoms with van der Waals surface area (Å²) < 4.78 is 7.35. The van der Waals surface area contributed by atoms with Crippen molar-refractivity contribution >= 4 is 23.8 Å². The lowest BCUT2D eigenvalue weighted by Crippen LogP contribution is -2.34. The Balaban J connectivity index is 1.55. The minimum absolute atomic E-state index is 0.443. The predicted molar refractivity (Wildman–Crippen MR) is 110 cm³/mol. The van der Waals surface area contributed by atoms with E-state index in [4.69, 9.17) is 21.9 Å². The zero-order valence-electron chi connectivity index (χ0n) is 16.2. The van der Waals surface area contributed by atoms with E-state index >= 15 is 0 Å². The molecule has 0 saturated heterocycles. The van der Waals surface area contributed by atoms with E-state index in [1.54, 1.807) is 0 Å². The van der Waals surface area contributed by atoms with Crippen molar-refractivity contribution in [2.45, 2.75) is 51.6 Å². The molecular weight excluding hydrogens is 374 g/mol. The molecule has 0 atom stereocenters. The molecule has 146 valence electrons. The number of rotatable bonds is 5. The molecule has 0 unspecified atom stereocenters. The first-order chi connectivity index (χ1) is 13.5. The molecule has 2 heterocycles. The highest BCUT2D eigenvalue weighted by atomic mass is 35.5. The Morgan fingerprint density at radius 3 is 2.71 bits per heavy atom. The highest BCUT2D eigenvalue weighted by molar-refractivity contribution is 6.31. The molecule has 1 aliphatic carbocycles. The molecule has 0 radical (unpaired) electrons. The van der Waals surface area contributed by atoms with Gasteiger partial charge in [0.15, 0.2) is 5.82 Å². The molecule has 4 rings (SSSR count). The van der Waals surface area contributed by atoms with E-state index < -0.39 is 5.54 Å². The molecule has 0 amide bonds. The highest BCUT2D eigenvalue weighted by Gasteiger charge is 2.35. The molecule has 28 heavy (non-hydrogen) atoms. The van der Waals surface area contributed by atoms with Crippen molar-refractivity contribution in [2.24, 2.45) is 5.73 Å². The van der Waals surface area contributed by atoms with Gasteiger partial charge in [0.05, 0.1) is 17.8 Å². The monoisotopic (exact) mass is 397 g/mol. The van der Waals surface area contributed by atoms with Crippen LogP contribution in [0.3, 0.4) is 0 Å². The molecule has 2 N–H and O–H groups in total.